The van der Waals surface area contributed by atoms with Crippen LogP contribution < -0.4 is 5.73 Å². The van der Waals surface area contributed by atoms with E-state index >= 15 is 0 Å². The van der Waals surface area contributed by atoms with E-state index in [0.29, 0.717) is 19.4 Å². The predicted octanol–water partition coefficient (Wildman–Crippen LogP) is 2.85. The van der Waals surface area contributed by atoms with Gasteiger partial charge in [-0.2, -0.15) is 5.06 Å². The third kappa shape index (κ3) is 4.50. The molecule has 3 atom stereocenters. The lowest BCUT2D eigenvalue weighted by molar-refractivity contribution is -0.181. The molecule has 31 heavy (non-hydrogen) atoms. The fourth-order valence-corrected chi connectivity index (χ4v) is 5.16. The van der Waals surface area contributed by atoms with E-state index in [4.69, 9.17) is 10.6 Å². The summed E-state index contributed by atoms with van der Waals surface area (Å²) in [6.45, 7) is 0.512. The van der Waals surface area contributed by atoms with Crippen LogP contribution in [0.25, 0.3) is 0 Å². The van der Waals surface area contributed by atoms with E-state index in [1.54, 1.807) is 17.2 Å². The highest BCUT2D eigenvalue weighted by Crippen LogP contribution is 2.46. The van der Waals surface area contributed by atoms with Crippen LogP contribution in [0, 0.1) is 11.7 Å². The van der Waals surface area contributed by atoms with Crippen molar-refractivity contribution in [2.75, 3.05) is 6.54 Å². The van der Waals surface area contributed by atoms with Crippen molar-refractivity contribution in [3.8, 4) is 0 Å². The molecule has 4 rings (SSSR count). The number of fused-ring (bicyclic) bond motifs is 1. The Balaban J connectivity index is 1.52. The number of likely N-dealkylation sites (tertiary alicyclic amines) is 1. The number of unbranched alkanes of at least 4 members (excludes halogenated alkanes) is 2. The largest absolute Gasteiger partial charge is 0.370 e. The number of imide groups is 1. The molecule has 8 heteroatoms. The Kier molecular flexibility index (Phi) is 6.67. The fourth-order valence-electron chi connectivity index (χ4n) is 5.16. The molecule has 0 radical (unpaired) electrons. The number of rotatable bonds is 8. The molecule has 2 saturated heterocycles. The number of halogens is 1. The molecular weight excluding hydrogens is 401 g/mol. The van der Waals surface area contributed by atoms with Crippen molar-refractivity contribution in [3.05, 3.63) is 35.6 Å². The number of hydroxylamine groups is 2. The third-order valence-corrected chi connectivity index (χ3v) is 6.68. The Labute approximate surface area is 181 Å². The van der Waals surface area contributed by atoms with E-state index in [-0.39, 0.29) is 29.6 Å². The van der Waals surface area contributed by atoms with Crippen LogP contribution in [0.1, 0.15) is 69.4 Å². The van der Waals surface area contributed by atoms with Crippen molar-refractivity contribution in [1.29, 1.82) is 0 Å². The molecule has 0 aromatic heterocycles. The maximum absolute atomic E-state index is 13.5. The van der Waals surface area contributed by atoms with Crippen LogP contribution in [0.3, 0.4) is 0 Å². The summed E-state index contributed by atoms with van der Waals surface area (Å²) in [5.41, 5.74) is 5.95. The lowest BCUT2D eigenvalue weighted by atomic mass is 9.90. The average Bonchev–Trinajstić information content (AvgIpc) is 3.24. The van der Waals surface area contributed by atoms with Crippen molar-refractivity contribution >= 4 is 17.7 Å². The first-order valence-corrected chi connectivity index (χ1v) is 11.3. The zero-order valence-electron chi connectivity index (χ0n) is 17.7. The second-order valence-electron chi connectivity index (χ2n) is 8.80. The van der Waals surface area contributed by atoms with Crippen LogP contribution in [0.5, 0.6) is 0 Å². The number of nitrogens with zero attached hydrogens (tertiary/aromatic N) is 2. The number of nitrogens with two attached hydrogens (primary N) is 1. The standard InChI is InChI=1S/C23H30FN3O4/c24-16-12-10-15(11-13-16)20-19-21(31-26(20)14-6-2-5-9-18(25)28)23(30)27(22(19)29)17-7-3-1-4-8-17/h10-13,17,19-21H,1-9,14H2,(H2,25,28). The highest BCUT2D eigenvalue weighted by atomic mass is 19.1. The van der Waals surface area contributed by atoms with E-state index in [2.05, 4.69) is 0 Å². The number of carbonyl (C=O) groups is 3. The van der Waals surface area contributed by atoms with Gasteiger partial charge in [-0.1, -0.05) is 37.8 Å². The van der Waals surface area contributed by atoms with Gasteiger partial charge in [0.2, 0.25) is 11.8 Å². The SMILES string of the molecule is NC(=O)CCCCCN1OC2C(=O)N(C3CCCCC3)C(=O)C2C1c1ccc(F)cc1. The van der Waals surface area contributed by atoms with Gasteiger partial charge in [0.05, 0.1) is 12.0 Å². The van der Waals surface area contributed by atoms with Gasteiger partial charge in [0.1, 0.15) is 5.82 Å². The minimum absolute atomic E-state index is 0.0425. The van der Waals surface area contributed by atoms with Crippen molar-refractivity contribution < 1.29 is 23.6 Å². The molecule has 0 bridgehead atoms. The maximum Gasteiger partial charge on any atom is 0.261 e. The number of primary amides is 1. The van der Waals surface area contributed by atoms with Crippen molar-refractivity contribution in [3.63, 3.8) is 0 Å². The minimum Gasteiger partial charge on any atom is -0.370 e. The van der Waals surface area contributed by atoms with Crippen LogP contribution in [0.15, 0.2) is 24.3 Å². The monoisotopic (exact) mass is 431 g/mol. The molecule has 2 N–H and O–H groups in total. The summed E-state index contributed by atoms with van der Waals surface area (Å²) in [4.78, 5) is 45.0. The number of amides is 3. The topological polar surface area (TPSA) is 92.9 Å². The van der Waals surface area contributed by atoms with Crippen LogP contribution in [0.4, 0.5) is 4.39 Å². The number of benzene rings is 1. The van der Waals surface area contributed by atoms with Gasteiger partial charge >= 0.3 is 0 Å². The predicted molar refractivity (Wildman–Crippen MR) is 111 cm³/mol. The number of hydrogen-bond acceptors (Lipinski definition) is 5. The van der Waals surface area contributed by atoms with Gasteiger partial charge in [0.25, 0.3) is 5.91 Å². The summed E-state index contributed by atoms with van der Waals surface area (Å²) in [5, 5.41) is 1.71. The van der Waals surface area contributed by atoms with Crippen molar-refractivity contribution in [2.45, 2.75) is 76.0 Å². The summed E-state index contributed by atoms with van der Waals surface area (Å²) in [5.74, 6) is -1.71. The zero-order valence-corrected chi connectivity index (χ0v) is 17.7. The Hall–Kier alpha value is -2.32. The van der Waals surface area contributed by atoms with Gasteiger partial charge < -0.3 is 5.73 Å². The Morgan fingerprint density at radius 2 is 1.74 bits per heavy atom. The van der Waals surface area contributed by atoms with Gasteiger partial charge in [0, 0.05) is 19.0 Å². The lowest BCUT2D eigenvalue weighted by Gasteiger charge is -2.32. The van der Waals surface area contributed by atoms with E-state index in [0.717, 1.165) is 50.5 Å². The quantitative estimate of drug-likeness (QED) is 0.505. The van der Waals surface area contributed by atoms with Crippen molar-refractivity contribution in [2.24, 2.45) is 11.7 Å². The molecule has 3 fully saturated rings. The molecule has 3 amide bonds. The van der Waals surface area contributed by atoms with Crippen LogP contribution in [0.2, 0.25) is 0 Å². The molecule has 2 aliphatic heterocycles. The molecule has 1 aliphatic carbocycles. The molecule has 3 unspecified atom stereocenters. The van der Waals surface area contributed by atoms with E-state index in [1.807, 2.05) is 0 Å². The smallest absolute Gasteiger partial charge is 0.261 e. The summed E-state index contributed by atoms with van der Waals surface area (Å²) >= 11 is 0. The maximum atomic E-state index is 13.5. The van der Waals surface area contributed by atoms with E-state index in [1.165, 1.54) is 17.0 Å². The highest BCUT2D eigenvalue weighted by molar-refractivity contribution is 6.07. The molecule has 3 aliphatic rings. The first-order valence-electron chi connectivity index (χ1n) is 11.3. The summed E-state index contributed by atoms with van der Waals surface area (Å²) < 4.78 is 13.5. The molecule has 1 aromatic carbocycles. The molecule has 168 valence electrons. The fraction of sp³-hybridized carbons (Fsp3) is 0.609. The van der Waals surface area contributed by atoms with Gasteiger partial charge in [0.15, 0.2) is 6.10 Å². The number of hydrogen-bond donors (Lipinski definition) is 1. The third-order valence-electron chi connectivity index (χ3n) is 6.68. The van der Waals surface area contributed by atoms with Crippen LogP contribution >= 0.6 is 0 Å². The van der Waals surface area contributed by atoms with Crippen molar-refractivity contribution in [1.82, 2.24) is 9.96 Å². The second kappa shape index (κ2) is 9.44. The highest BCUT2D eigenvalue weighted by Gasteiger charge is 2.60. The van der Waals surface area contributed by atoms with Gasteiger partial charge in [-0.3, -0.25) is 24.1 Å². The molecule has 1 saturated carbocycles. The minimum atomic E-state index is -0.824. The summed E-state index contributed by atoms with van der Waals surface area (Å²) in [6, 6.07) is 5.58. The molecule has 0 spiro atoms. The first-order chi connectivity index (χ1) is 15.0. The molecular formula is C23H30FN3O4. The Morgan fingerprint density at radius 1 is 1.03 bits per heavy atom. The van der Waals surface area contributed by atoms with Gasteiger partial charge in [-0.15, -0.1) is 0 Å². The molecule has 1 aromatic rings. The van der Waals surface area contributed by atoms with Gasteiger partial charge in [-0.05, 0) is 43.4 Å². The first kappa shape index (κ1) is 21.9. The summed E-state index contributed by atoms with van der Waals surface area (Å²) in [6.07, 6.45) is 6.60. The average molecular weight is 432 g/mol. The zero-order chi connectivity index (χ0) is 22.0. The van der Waals surface area contributed by atoms with Crippen LogP contribution in [-0.4, -0.2) is 46.4 Å². The molecule has 7 nitrogen and oxygen atoms in total. The van der Waals surface area contributed by atoms with Gasteiger partial charge in [-0.25, -0.2) is 4.39 Å². The number of carbonyl (C=O) groups excluding carboxylic acids is 3. The Morgan fingerprint density at radius 3 is 2.42 bits per heavy atom. The summed E-state index contributed by atoms with van der Waals surface area (Å²) in [7, 11) is 0. The lowest BCUT2D eigenvalue weighted by Crippen LogP contribution is -2.44. The molecule has 2 heterocycles. The van der Waals surface area contributed by atoms with Crippen LogP contribution in [-0.2, 0) is 19.2 Å². The second-order valence-corrected chi connectivity index (χ2v) is 8.80. The van der Waals surface area contributed by atoms with E-state index in [9.17, 15) is 18.8 Å². The van der Waals surface area contributed by atoms with E-state index < -0.39 is 18.1 Å². The Bertz CT molecular complexity index is 825. The normalized spacial score (nSPS) is 27.1.